The zero-order valence-corrected chi connectivity index (χ0v) is 36.0. The standard InChI is InChI=1S/C46H54N10O8/c1-30(52-44(59)32-11-7-12-33(24-32)50-26-40(47)55(2)43(48)38-18-19-49-29-51-38)31-10-8-13-34(25-31)64-21-6-4-3-5-20-62-22-23-63-28-42(58)53-37-15-9-14-35-36(37)27-56(46(35)61)39-16-17-41(57)54-45(39)60/h7-15,18-19,24-25,29-30,39,47-48,50H,3-6,16-17,20-23,26-28H2,1-2H3,(H,52,59)(H,53,58)(H,54,57,60)/t30-,39?/m1/s1. The lowest BCUT2D eigenvalue weighted by Gasteiger charge is -2.29. The first-order valence-corrected chi connectivity index (χ1v) is 21.2. The van der Waals surface area contributed by atoms with Gasteiger partial charge in [0.1, 0.15) is 36.3 Å². The Hall–Kier alpha value is -7.05. The number of hydrogen-bond donors (Lipinski definition) is 6. The number of unbranched alkanes of at least 4 members (excludes halogenated alkanes) is 3. The molecule has 4 aromatic rings. The Morgan fingerprint density at radius 2 is 1.72 bits per heavy atom. The Morgan fingerprint density at radius 3 is 2.52 bits per heavy atom. The molecule has 0 spiro atoms. The average Bonchev–Trinajstić information content (AvgIpc) is 3.64. The highest BCUT2D eigenvalue weighted by Gasteiger charge is 2.40. The van der Waals surface area contributed by atoms with E-state index >= 15 is 0 Å². The van der Waals surface area contributed by atoms with Gasteiger partial charge in [-0.25, -0.2) is 9.97 Å². The molecule has 0 aliphatic carbocycles. The van der Waals surface area contributed by atoms with Crippen molar-refractivity contribution in [3.63, 3.8) is 0 Å². The van der Waals surface area contributed by atoms with Gasteiger partial charge in [-0.05, 0) is 86.7 Å². The molecule has 2 aliphatic rings. The molecule has 1 unspecified atom stereocenters. The number of carbonyl (C=O) groups is 5. The highest BCUT2D eigenvalue weighted by Crippen LogP contribution is 2.32. The topological polar surface area (TPSA) is 241 Å². The van der Waals surface area contributed by atoms with Gasteiger partial charge in [0.05, 0.1) is 32.4 Å². The molecular formula is C46H54N10O8. The highest BCUT2D eigenvalue weighted by atomic mass is 16.5. The van der Waals surface area contributed by atoms with Crippen LogP contribution in [0.1, 0.15) is 89.0 Å². The van der Waals surface area contributed by atoms with Crippen LogP contribution in [0.5, 0.6) is 5.75 Å². The first kappa shape index (κ1) is 46.5. The summed E-state index contributed by atoms with van der Waals surface area (Å²) in [5, 5.41) is 28.0. The predicted molar refractivity (Wildman–Crippen MR) is 238 cm³/mol. The maximum atomic E-state index is 13.2. The van der Waals surface area contributed by atoms with Crippen LogP contribution in [0, 0.1) is 10.8 Å². The van der Waals surface area contributed by atoms with Crippen molar-refractivity contribution >= 4 is 52.6 Å². The van der Waals surface area contributed by atoms with E-state index < -0.39 is 11.9 Å². The van der Waals surface area contributed by atoms with Gasteiger partial charge in [-0.3, -0.25) is 40.1 Å². The van der Waals surface area contributed by atoms with E-state index in [2.05, 4.69) is 31.2 Å². The van der Waals surface area contributed by atoms with Crippen molar-refractivity contribution in [3.8, 4) is 5.75 Å². The van der Waals surface area contributed by atoms with E-state index in [1.54, 1.807) is 55.7 Å². The fourth-order valence-corrected chi connectivity index (χ4v) is 7.17. The number of fused-ring (bicyclic) bond motifs is 1. The van der Waals surface area contributed by atoms with Gasteiger partial charge >= 0.3 is 0 Å². The molecule has 1 saturated heterocycles. The Balaban J connectivity index is 0.804. The lowest BCUT2D eigenvalue weighted by molar-refractivity contribution is -0.137. The van der Waals surface area contributed by atoms with E-state index in [9.17, 15) is 24.0 Å². The van der Waals surface area contributed by atoms with E-state index in [1.807, 2.05) is 37.3 Å². The second-order valence-corrected chi connectivity index (χ2v) is 15.4. The molecule has 2 atom stereocenters. The third-order valence-electron chi connectivity index (χ3n) is 10.8. The molecule has 18 heteroatoms. The van der Waals surface area contributed by atoms with Crippen LogP contribution in [-0.2, 0) is 30.4 Å². The molecule has 0 saturated carbocycles. The van der Waals surface area contributed by atoms with Crippen molar-refractivity contribution in [2.75, 3.05) is 57.3 Å². The number of ether oxygens (including phenoxy) is 3. The Morgan fingerprint density at radius 1 is 0.938 bits per heavy atom. The number of anilines is 2. The SMILES string of the molecule is C[C@@H](NC(=O)c1cccc(NCC(=N)N(C)C(=N)c2ccncn2)c1)c1cccc(OCCCCCCOCCOCC(=O)Nc2cccc3c2CN(C2CCC(=O)NC2=O)C3=O)c1. The van der Waals surface area contributed by atoms with Crippen molar-refractivity contribution in [2.45, 2.75) is 64.1 Å². The van der Waals surface area contributed by atoms with Crippen molar-refractivity contribution in [1.29, 1.82) is 10.8 Å². The maximum Gasteiger partial charge on any atom is 0.255 e. The number of imide groups is 1. The third-order valence-corrected chi connectivity index (χ3v) is 10.8. The summed E-state index contributed by atoms with van der Waals surface area (Å²) in [6, 6.07) is 20.3. The van der Waals surface area contributed by atoms with E-state index in [-0.39, 0.29) is 80.5 Å². The van der Waals surface area contributed by atoms with E-state index in [0.717, 1.165) is 37.0 Å². The summed E-state index contributed by atoms with van der Waals surface area (Å²) < 4.78 is 17.2. The zero-order valence-electron chi connectivity index (χ0n) is 36.0. The first-order valence-electron chi connectivity index (χ1n) is 21.2. The van der Waals surface area contributed by atoms with Gasteiger partial charge in [-0.2, -0.15) is 0 Å². The minimum atomic E-state index is -0.736. The number of rotatable bonds is 22. The predicted octanol–water partition coefficient (Wildman–Crippen LogP) is 4.69. The third kappa shape index (κ3) is 12.8. The van der Waals surface area contributed by atoms with E-state index in [0.29, 0.717) is 53.6 Å². The number of aromatic nitrogens is 2. The Bertz CT molecular complexity index is 2330. The van der Waals surface area contributed by atoms with Crippen LogP contribution in [0.15, 0.2) is 85.3 Å². The summed E-state index contributed by atoms with van der Waals surface area (Å²) in [5.74, 6) is -0.810. The first-order chi connectivity index (χ1) is 31.0. The minimum Gasteiger partial charge on any atom is -0.494 e. The number of amides is 5. The summed E-state index contributed by atoms with van der Waals surface area (Å²) in [7, 11) is 1.63. The van der Waals surface area contributed by atoms with Crippen molar-refractivity contribution in [2.24, 2.45) is 0 Å². The number of piperidine rings is 1. The van der Waals surface area contributed by atoms with Crippen LogP contribution in [-0.4, -0.2) is 114 Å². The van der Waals surface area contributed by atoms with Crippen LogP contribution in [0.2, 0.25) is 0 Å². The molecule has 5 amide bonds. The van der Waals surface area contributed by atoms with Crippen molar-refractivity contribution in [3.05, 3.63) is 113 Å². The smallest absolute Gasteiger partial charge is 0.255 e. The number of likely N-dealkylation sites (N-methyl/N-ethyl adjacent to an activating group) is 1. The number of benzene rings is 3. The summed E-state index contributed by atoms with van der Waals surface area (Å²) >= 11 is 0. The Kier molecular flexibility index (Phi) is 16.6. The van der Waals surface area contributed by atoms with Gasteiger partial charge in [-0.1, -0.05) is 30.7 Å². The van der Waals surface area contributed by atoms with Crippen LogP contribution >= 0.6 is 0 Å². The summed E-state index contributed by atoms with van der Waals surface area (Å²) in [6.07, 6.45) is 6.99. The largest absolute Gasteiger partial charge is 0.494 e. The van der Waals surface area contributed by atoms with Crippen LogP contribution < -0.4 is 26.0 Å². The van der Waals surface area contributed by atoms with Gasteiger partial charge in [0.15, 0.2) is 5.84 Å². The molecule has 3 aromatic carbocycles. The van der Waals surface area contributed by atoms with Crippen molar-refractivity contribution in [1.82, 2.24) is 30.4 Å². The molecule has 64 heavy (non-hydrogen) atoms. The lowest BCUT2D eigenvalue weighted by Crippen LogP contribution is -2.52. The fraction of sp³-hybridized carbons (Fsp3) is 0.370. The molecule has 0 radical (unpaired) electrons. The zero-order chi connectivity index (χ0) is 45.4. The molecule has 2 aliphatic heterocycles. The molecule has 336 valence electrons. The maximum absolute atomic E-state index is 13.2. The number of amidine groups is 2. The Labute approximate surface area is 371 Å². The monoisotopic (exact) mass is 874 g/mol. The summed E-state index contributed by atoms with van der Waals surface area (Å²) in [4.78, 5) is 73.6. The molecule has 3 heterocycles. The van der Waals surface area contributed by atoms with E-state index in [1.165, 1.54) is 16.1 Å². The second-order valence-electron chi connectivity index (χ2n) is 15.4. The number of nitrogens with zero attached hydrogens (tertiary/aromatic N) is 4. The molecule has 18 nitrogen and oxygen atoms in total. The minimum absolute atomic E-state index is 0.0769. The van der Waals surface area contributed by atoms with Gasteiger partial charge in [0.25, 0.3) is 11.8 Å². The quantitative estimate of drug-likeness (QED) is 0.0273. The molecule has 1 aromatic heterocycles. The number of nitrogens with one attached hydrogen (secondary N) is 6. The molecule has 1 fully saturated rings. The van der Waals surface area contributed by atoms with E-state index in [4.69, 9.17) is 25.0 Å². The molecular weight excluding hydrogens is 821 g/mol. The van der Waals surface area contributed by atoms with Crippen molar-refractivity contribution < 1.29 is 38.2 Å². The lowest BCUT2D eigenvalue weighted by atomic mass is 10.0. The normalized spacial score (nSPS) is 14.9. The molecule has 6 rings (SSSR count). The number of carbonyl (C=O) groups excluding carboxylic acids is 5. The molecule has 6 N–H and O–H groups in total. The molecule has 0 bridgehead atoms. The fourth-order valence-electron chi connectivity index (χ4n) is 7.17. The average molecular weight is 875 g/mol. The van der Waals surface area contributed by atoms with Crippen LogP contribution in [0.3, 0.4) is 0 Å². The van der Waals surface area contributed by atoms with Gasteiger partial charge < -0.3 is 40.0 Å². The highest BCUT2D eigenvalue weighted by molar-refractivity contribution is 6.07. The van der Waals surface area contributed by atoms with Crippen LogP contribution in [0.4, 0.5) is 11.4 Å². The van der Waals surface area contributed by atoms with Gasteiger partial charge in [0.2, 0.25) is 17.7 Å². The summed E-state index contributed by atoms with van der Waals surface area (Å²) in [6.45, 7) is 3.73. The summed E-state index contributed by atoms with van der Waals surface area (Å²) in [5.41, 5.74) is 3.97. The number of hydrogen-bond acceptors (Lipinski definition) is 13. The van der Waals surface area contributed by atoms with Gasteiger partial charge in [0, 0.05) is 60.9 Å². The van der Waals surface area contributed by atoms with Crippen LogP contribution in [0.25, 0.3) is 0 Å². The van der Waals surface area contributed by atoms with Gasteiger partial charge in [-0.15, -0.1) is 0 Å². The second kappa shape index (κ2) is 22.9.